The lowest BCUT2D eigenvalue weighted by atomic mass is 9.76. The first-order valence-electron chi connectivity index (χ1n) is 7.93. The number of nitrogens with two attached hydrogens (primary N) is 1. The number of thiazole rings is 1. The average Bonchev–Trinajstić information content (AvgIpc) is 2.79. The Labute approximate surface area is 127 Å². The third-order valence-electron chi connectivity index (χ3n) is 4.49. The Hall–Kier alpha value is -0.450. The van der Waals surface area contributed by atoms with Crippen LogP contribution in [0.5, 0.6) is 0 Å². The molecule has 1 aromatic rings. The van der Waals surface area contributed by atoms with Gasteiger partial charge in [-0.3, -0.25) is 0 Å². The number of hydrogen-bond acceptors (Lipinski definition) is 4. The van der Waals surface area contributed by atoms with Crippen LogP contribution < -0.4 is 5.73 Å². The summed E-state index contributed by atoms with van der Waals surface area (Å²) in [7, 11) is 2.20. The van der Waals surface area contributed by atoms with Gasteiger partial charge in [0.1, 0.15) is 0 Å². The molecule has 0 spiro atoms. The fraction of sp³-hybridized carbons (Fsp3) is 0.812. The fourth-order valence-corrected chi connectivity index (χ4v) is 4.09. The summed E-state index contributed by atoms with van der Waals surface area (Å²) >= 11 is 1.74. The smallest absolute Gasteiger partial charge is 0.0897 e. The third-order valence-corrected chi connectivity index (χ3v) is 5.31. The lowest BCUT2D eigenvalue weighted by Gasteiger charge is -2.36. The highest BCUT2D eigenvalue weighted by molar-refractivity contribution is 7.09. The molecule has 3 atom stereocenters. The van der Waals surface area contributed by atoms with Gasteiger partial charge in [0.05, 0.1) is 10.7 Å². The van der Waals surface area contributed by atoms with E-state index >= 15 is 0 Å². The van der Waals surface area contributed by atoms with Gasteiger partial charge >= 0.3 is 0 Å². The molecular formula is C16H29N3S. The molecular weight excluding hydrogens is 266 g/mol. The van der Waals surface area contributed by atoms with Gasteiger partial charge in [-0.05, 0) is 45.1 Å². The minimum atomic E-state index is 0.391. The van der Waals surface area contributed by atoms with Crippen LogP contribution in [-0.4, -0.2) is 29.5 Å². The molecule has 1 heterocycles. The normalized spacial score (nSPS) is 27.1. The molecule has 2 N–H and O–H groups in total. The molecule has 20 heavy (non-hydrogen) atoms. The largest absolute Gasteiger partial charge is 0.327 e. The Morgan fingerprint density at radius 1 is 1.45 bits per heavy atom. The number of aryl methyl sites for hydroxylation is 1. The Bertz CT molecular complexity index is 404. The zero-order valence-corrected chi connectivity index (χ0v) is 14.0. The molecule has 0 aliphatic heterocycles. The van der Waals surface area contributed by atoms with Crippen LogP contribution in [0.4, 0.5) is 0 Å². The van der Waals surface area contributed by atoms with Crippen molar-refractivity contribution in [2.45, 2.75) is 58.5 Å². The predicted molar refractivity (Wildman–Crippen MR) is 86.9 cm³/mol. The Balaban J connectivity index is 1.83. The fourth-order valence-electron chi connectivity index (χ4n) is 3.49. The summed E-state index contributed by atoms with van der Waals surface area (Å²) in [4.78, 5) is 6.95. The van der Waals surface area contributed by atoms with Gasteiger partial charge in [0.2, 0.25) is 0 Å². The van der Waals surface area contributed by atoms with Crippen molar-refractivity contribution in [2.24, 2.45) is 17.6 Å². The van der Waals surface area contributed by atoms with Crippen LogP contribution in [0.25, 0.3) is 0 Å². The molecule has 3 unspecified atom stereocenters. The van der Waals surface area contributed by atoms with Crippen molar-refractivity contribution < 1.29 is 0 Å². The molecule has 0 amide bonds. The van der Waals surface area contributed by atoms with E-state index in [-0.39, 0.29) is 0 Å². The van der Waals surface area contributed by atoms with Gasteiger partial charge in [-0.1, -0.05) is 19.8 Å². The van der Waals surface area contributed by atoms with Crippen molar-refractivity contribution in [2.75, 3.05) is 13.6 Å². The van der Waals surface area contributed by atoms with E-state index < -0.39 is 0 Å². The zero-order valence-electron chi connectivity index (χ0n) is 13.1. The molecule has 1 aliphatic rings. The summed E-state index contributed by atoms with van der Waals surface area (Å²) in [5, 5.41) is 3.33. The molecule has 0 bridgehead atoms. The second-order valence-electron chi connectivity index (χ2n) is 6.45. The first kappa shape index (κ1) is 15.9. The molecule has 3 nitrogen and oxygen atoms in total. The van der Waals surface area contributed by atoms with Crippen molar-refractivity contribution in [1.82, 2.24) is 9.88 Å². The standard InChI is InChI=1S/C16H29N3S/c1-4-5-13-6-7-16(17)14(8-13)9-19(3)10-15-11-20-12(2)18-15/h11,13-14,16H,4-10,17H2,1-3H3. The van der Waals surface area contributed by atoms with E-state index in [4.69, 9.17) is 5.73 Å². The van der Waals surface area contributed by atoms with Crippen LogP contribution in [-0.2, 0) is 6.54 Å². The predicted octanol–water partition coefficient (Wildman–Crippen LogP) is 3.43. The highest BCUT2D eigenvalue weighted by Gasteiger charge is 2.28. The second-order valence-corrected chi connectivity index (χ2v) is 7.51. The SMILES string of the molecule is CCCC1CCC(N)C(CN(C)Cc2csc(C)n2)C1. The molecule has 0 saturated heterocycles. The molecule has 114 valence electrons. The summed E-state index contributed by atoms with van der Waals surface area (Å²) in [5.41, 5.74) is 7.54. The van der Waals surface area contributed by atoms with Crippen molar-refractivity contribution >= 4 is 11.3 Å². The van der Waals surface area contributed by atoms with Crippen LogP contribution in [0, 0.1) is 18.8 Å². The summed E-state index contributed by atoms with van der Waals surface area (Å²) in [6, 6.07) is 0.391. The monoisotopic (exact) mass is 295 g/mol. The third kappa shape index (κ3) is 4.54. The van der Waals surface area contributed by atoms with Crippen LogP contribution in [0.3, 0.4) is 0 Å². The maximum absolute atomic E-state index is 6.34. The van der Waals surface area contributed by atoms with Crippen LogP contribution >= 0.6 is 11.3 Å². The maximum atomic E-state index is 6.34. The van der Waals surface area contributed by atoms with Crippen molar-refractivity contribution in [3.63, 3.8) is 0 Å². The topological polar surface area (TPSA) is 42.1 Å². The summed E-state index contributed by atoms with van der Waals surface area (Å²) in [6.07, 6.45) is 6.54. The van der Waals surface area contributed by atoms with E-state index in [1.807, 2.05) is 0 Å². The van der Waals surface area contributed by atoms with E-state index in [0.717, 1.165) is 24.0 Å². The Morgan fingerprint density at radius 2 is 2.25 bits per heavy atom. The van der Waals surface area contributed by atoms with Gasteiger partial charge in [0, 0.05) is 24.5 Å². The molecule has 4 heteroatoms. The van der Waals surface area contributed by atoms with Crippen LogP contribution in [0.15, 0.2) is 5.38 Å². The van der Waals surface area contributed by atoms with Gasteiger partial charge < -0.3 is 10.6 Å². The van der Waals surface area contributed by atoms with Crippen LogP contribution in [0.2, 0.25) is 0 Å². The number of hydrogen-bond donors (Lipinski definition) is 1. The summed E-state index contributed by atoms with van der Waals surface area (Å²) < 4.78 is 0. The first-order chi connectivity index (χ1) is 9.58. The van der Waals surface area contributed by atoms with Gasteiger partial charge in [0.15, 0.2) is 0 Å². The Morgan fingerprint density at radius 3 is 2.90 bits per heavy atom. The molecule has 1 aliphatic carbocycles. The lowest BCUT2D eigenvalue weighted by Crippen LogP contribution is -2.42. The average molecular weight is 295 g/mol. The van der Waals surface area contributed by atoms with Gasteiger partial charge in [0.25, 0.3) is 0 Å². The second kappa shape index (κ2) is 7.53. The minimum Gasteiger partial charge on any atom is -0.327 e. The van der Waals surface area contributed by atoms with Crippen molar-refractivity contribution in [3.05, 3.63) is 16.1 Å². The number of nitrogens with zero attached hydrogens (tertiary/aromatic N) is 2. The molecule has 1 aromatic heterocycles. The maximum Gasteiger partial charge on any atom is 0.0897 e. The van der Waals surface area contributed by atoms with Gasteiger partial charge in [-0.2, -0.15) is 0 Å². The lowest BCUT2D eigenvalue weighted by molar-refractivity contribution is 0.164. The first-order valence-corrected chi connectivity index (χ1v) is 8.81. The van der Waals surface area contributed by atoms with Gasteiger partial charge in [-0.25, -0.2) is 4.98 Å². The highest BCUT2D eigenvalue weighted by atomic mass is 32.1. The number of rotatable bonds is 6. The molecule has 0 radical (unpaired) electrons. The van der Waals surface area contributed by atoms with E-state index in [1.165, 1.54) is 37.8 Å². The van der Waals surface area contributed by atoms with E-state index in [1.54, 1.807) is 11.3 Å². The van der Waals surface area contributed by atoms with Crippen molar-refractivity contribution in [1.29, 1.82) is 0 Å². The summed E-state index contributed by atoms with van der Waals surface area (Å²) in [6.45, 7) is 6.42. The molecule has 1 saturated carbocycles. The summed E-state index contributed by atoms with van der Waals surface area (Å²) in [5.74, 6) is 1.56. The molecule has 0 aromatic carbocycles. The number of aromatic nitrogens is 1. The van der Waals surface area contributed by atoms with Crippen molar-refractivity contribution in [3.8, 4) is 0 Å². The zero-order chi connectivity index (χ0) is 14.5. The van der Waals surface area contributed by atoms with E-state index in [9.17, 15) is 0 Å². The van der Waals surface area contributed by atoms with Crippen LogP contribution in [0.1, 0.15) is 49.7 Å². The highest BCUT2D eigenvalue weighted by Crippen LogP contribution is 2.31. The quantitative estimate of drug-likeness (QED) is 0.874. The van der Waals surface area contributed by atoms with E-state index in [2.05, 4.69) is 36.2 Å². The molecule has 2 rings (SSSR count). The van der Waals surface area contributed by atoms with E-state index in [0.29, 0.717) is 12.0 Å². The minimum absolute atomic E-state index is 0.391. The van der Waals surface area contributed by atoms with Gasteiger partial charge in [-0.15, -0.1) is 11.3 Å². The Kier molecular flexibility index (Phi) is 6.00. The molecule has 1 fully saturated rings.